The van der Waals surface area contributed by atoms with Crippen molar-refractivity contribution in [2.24, 2.45) is 5.73 Å². The predicted octanol–water partition coefficient (Wildman–Crippen LogP) is 5.44. The van der Waals surface area contributed by atoms with Gasteiger partial charge in [-0.05, 0) is 48.0 Å². The number of H-pyrrole nitrogens is 1. The number of phenolic OH excluding ortho intramolecular Hbond substituents is 1. The molecule has 11 heteroatoms. The second kappa shape index (κ2) is 8.43. The van der Waals surface area contributed by atoms with Crippen LogP contribution in [0.25, 0.3) is 22.0 Å². The molecule has 174 valence electrons. The Labute approximate surface area is 189 Å². The van der Waals surface area contributed by atoms with Crippen LogP contribution in [-0.2, 0) is 6.18 Å². The van der Waals surface area contributed by atoms with E-state index in [9.17, 15) is 32.3 Å². The molecule has 0 fully saturated rings. The lowest BCUT2D eigenvalue weighted by Gasteiger charge is -2.12. The monoisotopic (exact) mass is 472 g/mol. The lowest BCUT2D eigenvalue weighted by atomic mass is 10.0. The zero-order valence-electron chi connectivity index (χ0n) is 17.1. The standard InChI is InChI=1S/C23H16F4N4O3/c24-16-8-3-12(23(25,26)27)9-18(16)31-22(34)29-13-4-1-11(2-5-13)19-15-7-6-14(32)10-17(15)30-20(19)21(28)33/h1-10,30,32H,(H2,28,33)(H2,29,31,34). The molecule has 0 saturated heterocycles. The number of aromatic nitrogens is 1. The molecule has 1 aromatic heterocycles. The molecule has 3 amide bonds. The first kappa shape index (κ1) is 22.6. The topological polar surface area (TPSA) is 120 Å². The highest BCUT2D eigenvalue weighted by atomic mass is 19.4. The number of aromatic hydroxyl groups is 1. The third-order valence-corrected chi connectivity index (χ3v) is 5.00. The number of urea groups is 1. The maximum absolute atomic E-state index is 13.9. The van der Waals surface area contributed by atoms with E-state index in [0.717, 1.165) is 0 Å². The highest BCUT2D eigenvalue weighted by Crippen LogP contribution is 2.35. The number of amides is 3. The Kier molecular flexibility index (Phi) is 5.61. The molecule has 34 heavy (non-hydrogen) atoms. The maximum atomic E-state index is 13.9. The number of aromatic amines is 1. The third-order valence-electron chi connectivity index (χ3n) is 5.00. The van der Waals surface area contributed by atoms with Gasteiger partial charge in [0.1, 0.15) is 17.3 Å². The van der Waals surface area contributed by atoms with E-state index >= 15 is 0 Å². The molecule has 0 bridgehead atoms. The van der Waals surface area contributed by atoms with Crippen molar-refractivity contribution in [1.29, 1.82) is 0 Å². The van der Waals surface area contributed by atoms with Gasteiger partial charge in [0.15, 0.2) is 0 Å². The number of hydrogen-bond acceptors (Lipinski definition) is 3. The van der Waals surface area contributed by atoms with Crippen LogP contribution < -0.4 is 16.4 Å². The smallest absolute Gasteiger partial charge is 0.416 e. The molecule has 0 saturated carbocycles. The summed E-state index contributed by atoms with van der Waals surface area (Å²) >= 11 is 0. The van der Waals surface area contributed by atoms with Crippen LogP contribution >= 0.6 is 0 Å². The van der Waals surface area contributed by atoms with Crippen LogP contribution in [0.2, 0.25) is 0 Å². The summed E-state index contributed by atoms with van der Waals surface area (Å²) in [4.78, 5) is 27.0. The van der Waals surface area contributed by atoms with Crippen molar-refractivity contribution < 1.29 is 32.3 Å². The highest BCUT2D eigenvalue weighted by Gasteiger charge is 2.31. The zero-order chi connectivity index (χ0) is 24.6. The minimum absolute atomic E-state index is 0.000845. The number of carbonyl (C=O) groups excluding carboxylic acids is 2. The fourth-order valence-corrected chi connectivity index (χ4v) is 3.47. The van der Waals surface area contributed by atoms with Crippen molar-refractivity contribution in [2.75, 3.05) is 10.6 Å². The summed E-state index contributed by atoms with van der Waals surface area (Å²) in [6, 6.07) is 11.4. The molecule has 6 N–H and O–H groups in total. The molecular weight excluding hydrogens is 456 g/mol. The lowest BCUT2D eigenvalue weighted by Crippen LogP contribution is -2.20. The highest BCUT2D eigenvalue weighted by molar-refractivity contribution is 6.09. The number of phenols is 1. The van der Waals surface area contributed by atoms with Gasteiger partial charge in [-0.1, -0.05) is 12.1 Å². The number of benzene rings is 3. The summed E-state index contributed by atoms with van der Waals surface area (Å²) < 4.78 is 52.4. The van der Waals surface area contributed by atoms with E-state index in [1.165, 1.54) is 24.3 Å². The quantitative estimate of drug-likeness (QED) is 0.254. The van der Waals surface area contributed by atoms with Crippen molar-refractivity contribution in [3.8, 4) is 16.9 Å². The molecular formula is C23H16F4N4O3. The Bertz CT molecular complexity index is 1410. The molecule has 0 aliphatic carbocycles. The van der Waals surface area contributed by atoms with Crippen molar-refractivity contribution >= 4 is 34.2 Å². The fourth-order valence-electron chi connectivity index (χ4n) is 3.47. The fraction of sp³-hybridized carbons (Fsp3) is 0.0435. The summed E-state index contributed by atoms with van der Waals surface area (Å²) in [6.45, 7) is 0. The van der Waals surface area contributed by atoms with E-state index in [1.54, 1.807) is 18.2 Å². The van der Waals surface area contributed by atoms with Crippen molar-refractivity contribution in [3.63, 3.8) is 0 Å². The Morgan fingerprint density at radius 3 is 2.29 bits per heavy atom. The maximum Gasteiger partial charge on any atom is 0.416 e. The van der Waals surface area contributed by atoms with Crippen LogP contribution in [0.5, 0.6) is 5.75 Å². The Morgan fingerprint density at radius 1 is 0.941 bits per heavy atom. The van der Waals surface area contributed by atoms with Gasteiger partial charge in [0.25, 0.3) is 5.91 Å². The molecule has 4 rings (SSSR count). The van der Waals surface area contributed by atoms with Crippen LogP contribution in [-0.4, -0.2) is 22.0 Å². The Hall–Kier alpha value is -4.54. The first-order valence-electron chi connectivity index (χ1n) is 9.72. The molecule has 0 aliphatic rings. The van der Waals surface area contributed by atoms with Crippen LogP contribution in [0.15, 0.2) is 60.7 Å². The largest absolute Gasteiger partial charge is 0.508 e. The van der Waals surface area contributed by atoms with E-state index in [4.69, 9.17) is 5.73 Å². The van der Waals surface area contributed by atoms with Crippen LogP contribution in [0.3, 0.4) is 0 Å². The summed E-state index contributed by atoms with van der Waals surface area (Å²) in [5.74, 6) is -1.74. The molecule has 7 nitrogen and oxygen atoms in total. The zero-order valence-corrected chi connectivity index (χ0v) is 17.1. The third kappa shape index (κ3) is 4.49. The number of carbonyl (C=O) groups is 2. The van der Waals surface area contributed by atoms with E-state index < -0.39 is 35.2 Å². The molecule has 3 aromatic carbocycles. The minimum atomic E-state index is -4.69. The summed E-state index contributed by atoms with van der Waals surface area (Å²) in [5.41, 5.74) is 5.67. The van der Waals surface area contributed by atoms with E-state index in [2.05, 4.69) is 15.6 Å². The molecule has 1 heterocycles. The number of fused-ring (bicyclic) bond motifs is 1. The molecule has 0 spiro atoms. The number of alkyl halides is 3. The van der Waals surface area contributed by atoms with Gasteiger partial charge in [-0.15, -0.1) is 0 Å². The van der Waals surface area contributed by atoms with Gasteiger partial charge < -0.3 is 26.5 Å². The van der Waals surface area contributed by atoms with Crippen LogP contribution in [0.1, 0.15) is 16.1 Å². The Balaban J connectivity index is 1.56. The number of rotatable bonds is 4. The van der Waals surface area contributed by atoms with Gasteiger partial charge in [0.2, 0.25) is 0 Å². The number of nitrogens with two attached hydrogens (primary N) is 1. The first-order chi connectivity index (χ1) is 16.0. The number of nitrogens with one attached hydrogen (secondary N) is 3. The SMILES string of the molecule is NC(=O)c1[nH]c2cc(O)ccc2c1-c1ccc(NC(=O)Nc2cc(C(F)(F)F)ccc2F)cc1. The average Bonchev–Trinajstić information content (AvgIpc) is 3.14. The van der Waals surface area contributed by atoms with Crippen LogP contribution in [0.4, 0.5) is 33.7 Å². The average molecular weight is 472 g/mol. The Morgan fingerprint density at radius 2 is 1.65 bits per heavy atom. The summed E-state index contributed by atoms with van der Waals surface area (Å²) in [6.07, 6.45) is -4.69. The lowest BCUT2D eigenvalue weighted by molar-refractivity contribution is -0.137. The number of halogens is 4. The van der Waals surface area contributed by atoms with Gasteiger partial charge in [-0.25, -0.2) is 9.18 Å². The van der Waals surface area contributed by atoms with E-state index in [1.807, 2.05) is 0 Å². The van der Waals surface area contributed by atoms with Crippen LogP contribution in [0, 0.1) is 5.82 Å². The van der Waals surface area contributed by atoms with Gasteiger partial charge in [0, 0.05) is 22.7 Å². The van der Waals surface area contributed by atoms with Gasteiger partial charge in [-0.2, -0.15) is 13.2 Å². The van der Waals surface area contributed by atoms with Gasteiger partial charge >= 0.3 is 12.2 Å². The first-order valence-corrected chi connectivity index (χ1v) is 9.72. The molecule has 0 unspecified atom stereocenters. The van der Waals surface area contributed by atoms with Gasteiger partial charge in [-0.3, -0.25) is 4.79 Å². The second-order valence-electron chi connectivity index (χ2n) is 7.32. The molecule has 0 atom stereocenters. The molecule has 0 aliphatic heterocycles. The molecule has 4 aromatic rings. The van der Waals surface area contributed by atoms with E-state index in [-0.39, 0.29) is 17.1 Å². The number of hydrogen-bond donors (Lipinski definition) is 5. The second-order valence-corrected chi connectivity index (χ2v) is 7.32. The summed E-state index contributed by atoms with van der Waals surface area (Å²) in [5, 5.41) is 14.8. The van der Waals surface area contributed by atoms with Crippen molar-refractivity contribution in [2.45, 2.75) is 6.18 Å². The number of primary amides is 1. The van der Waals surface area contributed by atoms with Gasteiger partial charge in [0.05, 0.1) is 16.8 Å². The molecule has 0 radical (unpaired) electrons. The van der Waals surface area contributed by atoms with E-state index in [0.29, 0.717) is 40.2 Å². The van der Waals surface area contributed by atoms with Crippen molar-refractivity contribution in [1.82, 2.24) is 4.98 Å². The normalized spacial score (nSPS) is 11.4. The van der Waals surface area contributed by atoms with Crippen molar-refractivity contribution in [3.05, 3.63) is 77.7 Å². The minimum Gasteiger partial charge on any atom is -0.508 e. The number of anilines is 2. The predicted molar refractivity (Wildman–Crippen MR) is 118 cm³/mol. The summed E-state index contributed by atoms with van der Waals surface area (Å²) in [7, 11) is 0.